The second kappa shape index (κ2) is 7.16. The first kappa shape index (κ1) is 17.2. The molecule has 2 aromatic heterocycles. The SMILES string of the molecule is CN(C)[C@@H]1CN(C(=O)c2cc(CN3CCCC3)on2)C[C@@H]1n1ccnn1. The van der Waals surface area contributed by atoms with Crippen molar-refractivity contribution in [2.24, 2.45) is 0 Å². The minimum atomic E-state index is -0.0871. The molecule has 2 fully saturated rings. The minimum Gasteiger partial charge on any atom is -0.359 e. The van der Waals surface area contributed by atoms with Gasteiger partial charge in [0.15, 0.2) is 11.5 Å². The number of likely N-dealkylation sites (N-methyl/N-ethyl adjacent to an activating group) is 1. The molecule has 26 heavy (non-hydrogen) atoms. The molecule has 4 rings (SSSR count). The van der Waals surface area contributed by atoms with E-state index in [9.17, 15) is 4.79 Å². The lowest BCUT2D eigenvalue weighted by Gasteiger charge is -2.24. The van der Waals surface area contributed by atoms with Crippen LogP contribution < -0.4 is 0 Å². The molecule has 2 aliphatic heterocycles. The molecule has 0 radical (unpaired) electrons. The zero-order valence-electron chi connectivity index (χ0n) is 15.3. The first-order chi connectivity index (χ1) is 12.6. The molecule has 0 aromatic carbocycles. The summed E-state index contributed by atoms with van der Waals surface area (Å²) in [5.74, 6) is 0.669. The maximum Gasteiger partial charge on any atom is 0.276 e. The third-order valence-corrected chi connectivity index (χ3v) is 5.35. The molecule has 0 N–H and O–H groups in total. The molecule has 4 heterocycles. The summed E-state index contributed by atoms with van der Waals surface area (Å²) in [6, 6.07) is 2.04. The van der Waals surface area contributed by atoms with E-state index >= 15 is 0 Å². The van der Waals surface area contributed by atoms with Gasteiger partial charge < -0.3 is 14.3 Å². The summed E-state index contributed by atoms with van der Waals surface area (Å²) in [6.45, 7) is 4.10. The molecule has 2 aromatic rings. The number of carbonyl (C=O) groups is 1. The highest BCUT2D eigenvalue weighted by atomic mass is 16.5. The zero-order valence-corrected chi connectivity index (χ0v) is 15.3. The predicted octanol–water partition coefficient (Wildman–Crippen LogP) is 0.489. The first-order valence-corrected chi connectivity index (χ1v) is 9.11. The Morgan fingerprint density at radius 2 is 2.12 bits per heavy atom. The number of carbonyl (C=O) groups excluding carboxylic acids is 1. The van der Waals surface area contributed by atoms with E-state index in [1.807, 2.05) is 29.9 Å². The van der Waals surface area contributed by atoms with Crippen molar-refractivity contribution in [3.05, 3.63) is 29.9 Å². The summed E-state index contributed by atoms with van der Waals surface area (Å²) in [6.07, 6.45) is 5.96. The molecule has 0 saturated carbocycles. The topological polar surface area (TPSA) is 83.5 Å². The third kappa shape index (κ3) is 3.36. The van der Waals surface area contributed by atoms with Gasteiger partial charge in [-0.05, 0) is 40.0 Å². The number of likely N-dealkylation sites (tertiary alicyclic amines) is 2. The summed E-state index contributed by atoms with van der Waals surface area (Å²) in [4.78, 5) is 19.2. The number of rotatable bonds is 5. The molecule has 0 bridgehead atoms. The van der Waals surface area contributed by atoms with Gasteiger partial charge in [-0.2, -0.15) is 0 Å². The lowest BCUT2D eigenvalue weighted by molar-refractivity contribution is 0.0770. The molecule has 2 saturated heterocycles. The average molecular weight is 359 g/mol. The van der Waals surface area contributed by atoms with E-state index in [-0.39, 0.29) is 18.0 Å². The summed E-state index contributed by atoms with van der Waals surface area (Å²) in [5, 5.41) is 12.0. The van der Waals surface area contributed by atoms with Crippen molar-refractivity contribution in [3.63, 3.8) is 0 Å². The number of amides is 1. The highest BCUT2D eigenvalue weighted by Crippen LogP contribution is 2.26. The fourth-order valence-electron chi connectivity index (χ4n) is 3.91. The Balaban J connectivity index is 1.45. The Morgan fingerprint density at radius 1 is 1.31 bits per heavy atom. The fraction of sp³-hybridized carbons (Fsp3) is 0.647. The van der Waals surface area contributed by atoms with Gasteiger partial charge >= 0.3 is 0 Å². The van der Waals surface area contributed by atoms with Crippen molar-refractivity contribution < 1.29 is 9.32 Å². The van der Waals surface area contributed by atoms with Crippen LogP contribution >= 0.6 is 0 Å². The van der Waals surface area contributed by atoms with Crippen molar-refractivity contribution in [2.45, 2.75) is 31.5 Å². The van der Waals surface area contributed by atoms with Crippen molar-refractivity contribution in [1.82, 2.24) is 34.9 Å². The molecule has 0 aliphatic carbocycles. The number of aromatic nitrogens is 4. The van der Waals surface area contributed by atoms with Crippen LogP contribution in [0, 0.1) is 0 Å². The van der Waals surface area contributed by atoms with Crippen molar-refractivity contribution in [3.8, 4) is 0 Å². The summed E-state index contributed by atoms with van der Waals surface area (Å²) < 4.78 is 7.24. The second-order valence-electron chi connectivity index (χ2n) is 7.35. The van der Waals surface area contributed by atoms with Crippen LogP contribution in [0.4, 0.5) is 0 Å². The van der Waals surface area contributed by atoms with Gasteiger partial charge in [0, 0.05) is 25.4 Å². The standard InChI is InChI=1S/C17H25N7O2/c1-21(2)15-11-23(12-16(15)24-8-5-18-20-24)17(25)14-9-13(26-19-14)10-22-6-3-4-7-22/h5,8-9,15-16H,3-4,6-7,10-12H2,1-2H3/t15-,16+/m1/s1. The molecule has 140 valence electrons. The van der Waals surface area contributed by atoms with Crippen LogP contribution in [-0.4, -0.2) is 87.1 Å². The van der Waals surface area contributed by atoms with Crippen LogP contribution in [0.3, 0.4) is 0 Å². The van der Waals surface area contributed by atoms with Crippen LogP contribution in [0.25, 0.3) is 0 Å². The van der Waals surface area contributed by atoms with Crippen molar-refractivity contribution in [1.29, 1.82) is 0 Å². The highest BCUT2D eigenvalue weighted by molar-refractivity contribution is 5.92. The lowest BCUT2D eigenvalue weighted by atomic mass is 10.1. The predicted molar refractivity (Wildman–Crippen MR) is 93.5 cm³/mol. The smallest absolute Gasteiger partial charge is 0.276 e. The van der Waals surface area contributed by atoms with Crippen LogP contribution in [0.2, 0.25) is 0 Å². The molecule has 9 heteroatoms. The van der Waals surface area contributed by atoms with Gasteiger partial charge in [-0.1, -0.05) is 10.4 Å². The largest absolute Gasteiger partial charge is 0.359 e. The first-order valence-electron chi connectivity index (χ1n) is 9.11. The van der Waals surface area contributed by atoms with Gasteiger partial charge in [-0.3, -0.25) is 9.69 Å². The molecule has 0 unspecified atom stereocenters. The molecular formula is C17H25N7O2. The third-order valence-electron chi connectivity index (χ3n) is 5.35. The monoisotopic (exact) mass is 359 g/mol. The average Bonchev–Trinajstić information content (AvgIpc) is 3.39. The molecular weight excluding hydrogens is 334 g/mol. The molecule has 9 nitrogen and oxygen atoms in total. The van der Waals surface area contributed by atoms with Gasteiger partial charge in [0.2, 0.25) is 0 Å². The zero-order chi connectivity index (χ0) is 18.1. The summed E-state index contributed by atoms with van der Waals surface area (Å²) in [7, 11) is 4.04. The van der Waals surface area contributed by atoms with E-state index in [0.717, 1.165) is 25.4 Å². The Morgan fingerprint density at radius 3 is 2.81 bits per heavy atom. The minimum absolute atomic E-state index is 0.0763. The van der Waals surface area contributed by atoms with Crippen LogP contribution in [-0.2, 0) is 6.54 Å². The maximum absolute atomic E-state index is 12.9. The molecule has 1 amide bonds. The number of nitrogens with zero attached hydrogens (tertiary/aromatic N) is 7. The normalized spacial score (nSPS) is 24.0. The second-order valence-corrected chi connectivity index (χ2v) is 7.35. The highest BCUT2D eigenvalue weighted by Gasteiger charge is 2.39. The van der Waals surface area contributed by atoms with Gasteiger partial charge in [-0.15, -0.1) is 5.10 Å². The van der Waals surface area contributed by atoms with Crippen LogP contribution in [0.5, 0.6) is 0 Å². The van der Waals surface area contributed by atoms with Crippen LogP contribution in [0.15, 0.2) is 23.0 Å². The number of hydrogen-bond donors (Lipinski definition) is 0. The molecule has 0 spiro atoms. The van der Waals surface area contributed by atoms with E-state index in [1.54, 1.807) is 12.3 Å². The van der Waals surface area contributed by atoms with E-state index < -0.39 is 0 Å². The maximum atomic E-state index is 12.9. The summed E-state index contributed by atoms with van der Waals surface area (Å²) >= 11 is 0. The lowest BCUT2D eigenvalue weighted by Crippen LogP contribution is -2.37. The fourth-order valence-corrected chi connectivity index (χ4v) is 3.91. The Hall–Kier alpha value is -2.26. The van der Waals surface area contributed by atoms with E-state index in [4.69, 9.17) is 4.52 Å². The van der Waals surface area contributed by atoms with Gasteiger partial charge in [0.1, 0.15) is 0 Å². The Labute approximate surface area is 152 Å². The van der Waals surface area contributed by atoms with E-state index in [1.165, 1.54) is 12.8 Å². The summed E-state index contributed by atoms with van der Waals surface area (Å²) in [5.41, 5.74) is 0.385. The Kier molecular flexibility index (Phi) is 4.73. The van der Waals surface area contributed by atoms with Crippen molar-refractivity contribution >= 4 is 5.91 Å². The van der Waals surface area contributed by atoms with E-state index in [0.29, 0.717) is 18.8 Å². The van der Waals surface area contributed by atoms with Crippen LogP contribution in [0.1, 0.15) is 35.1 Å². The van der Waals surface area contributed by atoms with Gasteiger partial charge in [0.25, 0.3) is 5.91 Å². The van der Waals surface area contributed by atoms with E-state index in [2.05, 4.69) is 25.3 Å². The number of hydrogen-bond acceptors (Lipinski definition) is 7. The Bertz CT molecular complexity index is 736. The van der Waals surface area contributed by atoms with Crippen molar-refractivity contribution in [2.75, 3.05) is 40.3 Å². The molecule has 2 aliphatic rings. The van der Waals surface area contributed by atoms with Gasteiger partial charge in [-0.25, -0.2) is 4.68 Å². The molecule has 2 atom stereocenters. The quantitative estimate of drug-likeness (QED) is 0.768. The van der Waals surface area contributed by atoms with Gasteiger partial charge in [0.05, 0.1) is 24.8 Å².